The van der Waals surface area contributed by atoms with E-state index in [1.165, 1.54) is 90.4 Å². The molecule has 1 saturated heterocycles. The molecule has 0 bridgehead atoms. The molecule has 2 fully saturated rings. The van der Waals surface area contributed by atoms with Crippen LogP contribution in [0, 0.1) is 11.8 Å². The van der Waals surface area contributed by atoms with Crippen LogP contribution in [0.2, 0.25) is 0 Å². The lowest BCUT2D eigenvalue weighted by Gasteiger charge is -2.28. The highest BCUT2D eigenvalue weighted by Crippen LogP contribution is 2.35. The minimum atomic E-state index is -1.27. The van der Waals surface area contributed by atoms with Crippen molar-refractivity contribution >= 4 is 12.3 Å². The number of methoxy groups -OCH3 is 2. The highest BCUT2D eigenvalue weighted by atomic mass is 16.9. The molecule has 2 atom stereocenters. The van der Waals surface area contributed by atoms with E-state index in [1.54, 1.807) is 0 Å². The molecule has 1 heterocycles. The van der Waals surface area contributed by atoms with Crippen molar-refractivity contribution in [3.63, 3.8) is 0 Å². The van der Waals surface area contributed by atoms with Gasteiger partial charge in [0.05, 0.1) is 14.2 Å². The number of ether oxygens (including phenoxy) is 6. The number of benzene rings is 1. The normalized spacial score (nSPS) is 24.3. The van der Waals surface area contributed by atoms with Crippen LogP contribution < -0.4 is 0 Å². The summed E-state index contributed by atoms with van der Waals surface area (Å²) in [6.45, 7) is 2.28. The fourth-order valence-electron chi connectivity index (χ4n) is 5.11. The zero-order chi connectivity index (χ0) is 25.8. The molecule has 36 heavy (non-hydrogen) atoms. The molecule has 0 unspecified atom stereocenters. The van der Waals surface area contributed by atoms with Gasteiger partial charge < -0.3 is 28.4 Å². The van der Waals surface area contributed by atoms with E-state index in [0.29, 0.717) is 0 Å². The number of rotatable bonds is 12. The maximum Gasteiger partial charge on any atom is 0.510 e. The Hall–Kier alpha value is -2.32. The van der Waals surface area contributed by atoms with Crippen molar-refractivity contribution in [2.45, 2.75) is 103 Å². The number of aryl methyl sites for hydroxylation is 1. The average Bonchev–Trinajstić information content (AvgIpc) is 3.29. The van der Waals surface area contributed by atoms with Crippen molar-refractivity contribution in [3.8, 4) is 0 Å². The lowest BCUT2D eigenvalue weighted by Crippen LogP contribution is -2.32. The molecule has 1 aromatic carbocycles. The largest absolute Gasteiger partial charge is 0.510 e. The Morgan fingerprint density at radius 2 is 1.28 bits per heavy atom. The van der Waals surface area contributed by atoms with Crippen LogP contribution >= 0.6 is 0 Å². The van der Waals surface area contributed by atoms with Gasteiger partial charge in [-0.25, -0.2) is 9.59 Å². The van der Waals surface area contributed by atoms with E-state index in [0.717, 1.165) is 23.8 Å². The number of carbonyl (C=O) groups excluding carboxylic acids is 2. The van der Waals surface area contributed by atoms with Gasteiger partial charge in [-0.3, -0.25) is 0 Å². The van der Waals surface area contributed by atoms with Crippen molar-refractivity contribution in [1.82, 2.24) is 0 Å². The average molecular weight is 507 g/mol. The Morgan fingerprint density at radius 3 is 1.75 bits per heavy atom. The topological polar surface area (TPSA) is 89.5 Å². The van der Waals surface area contributed by atoms with E-state index in [9.17, 15) is 9.59 Å². The van der Waals surface area contributed by atoms with Crippen LogP contribution in [0.25, 0.3) is 0 Å². The summed E-state index contributed by atoms with van der Waals surface area (Å²) in [6, 6.07) is 7.92. The summed E-state index contributed by atoms with van der Waals surface area (Å²) >= 11 is 0. The highest BCUT2D eigenvalue weighted by Gasteiger charge is 2.43. The van der Waals surface area contributed by atoms with Gasteiger partial charge in [0.2, 0.25) is 0 Å². The number of hydrogen-bond acceptors (Lipinski definition) is 8. The van der Waals surface area contributed by atoms with Gasteiger partial charge in [-0.2, -0.15) is 0 Å². The van der Waals surface area contributed by atoms with E-state index < -0.39 is 31.2 Å². The predicted molar refractivity (Wildman–Crippen MR) is 133 cm³/mol. The molecule has 1 aliphatic carbocycles. The first kappa shape index (κ1) is 28.3. The molecule has 0 N–H and O–H groups in total. The molecular formula is C28H42O8. The summed E-state index contributed by atoms with van der Waals surface area (Å²) in [4.78, 5) is 23.0. The maximum absolute atomic E-state index is 11.5. The monoisotopic (exact) mass is 506 g/mol. The third kappa shape index (κ3) is 8.96. The fourth-order valence-corrected chi connectivity index (χ4v) is 5.11. The first-order valence-corrected chi connectivity index (χ1v) is 13.4. The zero-order valence-corrected chi connectivity index (χ0v) is 21.9. The molecule has 1 aromatic rings. The van der Waals surface area contributed by atoms with Gasteiger partial charge in [-0.1, -0.05) is 95.4 Å². The second kappa shape index (κ2) is 15.1. The number of carbonyl (C=O) groups is 2. The third-order valence-corrected chi connectivity index (χ3v) is 7.26. The summed E-state index contributed by atoms with van der Waals surface area (Å²) in [5.41, 5.74) is 1.98. The Labute approximate surface area is 214 Å². The van der Waals surface area contributed by atoms with Crippen LogP contribution in [0.15, 0.2) is 24.3 Å². The molecule has 0 aromatic heterocycles. The summed E-state index contributed by atoms with van der Waals surface area (Å²) in [5.74, 6) is 1.88. The van der Waals surface area contributed by atoms with Crippen LogP contribution in [0.1, 0.15) is 95.0 Å². The van der Waals surface area contributed by atoms with Gasteiger partial charge in [0.15, 0.2) is 6.29 Å². The van der Waals surface area contributed by atoms with Gasteiger partial charge in [0, 0.05) is 5.56 Å². The quantitative estimate of drug-likeness (QED) is 0.220. The van der Waals surface area contributed by atoms with Crippen molar-refractivity contribution in [1.29, 1.82) is 0 Å². The van der Waals surface area contributed by atoms with Crippen molar-refractivity contribution in [2.24, 2.45) is 11.8 Å². The Balaban J connectivity index is 1.39. The van der Waals surface area contributed by atoms with Crippen molar-refractivity contribution in [3.05, 3.63) is 35.4 Å². The number of unbranched alkanes of at least 4 members (excludes halogenated alkanes) is 3. The van der Waals surface area contributed by atoms with Gasteiger partial charge in [0.1, 0.15) is 0 Å². The third-order valence-electron chi connectivity index (χ3n) is 7.26. The minimum Gasteiger partial charge on any atom is -0.438 e. The van der Waals surface area contributed by atoms with Gasteiger partial charge in [-0.15, -0.1) is 0 Å². The molecule has 0 amide bonds. The van der Waals surface area contributed by atoms with Crippen LogP contribution in [0.5, 0.6) is 0 Å². The van der Waals surface area contributed by atoms with E-state index in [4.69, 9.17) is 18.9 Å². The second-order valence-electron chi connectivity index (χ2n) is 9.85. The second-order valence-corrected chi connectivity index (χ2v) is 9.85. The Bertz CT molecular complexity index is 761. The first-order chi connectivity index (χ1) is 17.5. The summed E-state index contributed by atoms with van der Waals surface area (Å²) in [6.07, 6.45) is 10.7. The molecule has 1 saturated carbocycles. The highest BCUT2D eigenvalue weighted by molar-refractivity contribution is 5.61. The van der Waals surface area contributed by atoms with Gasteiger partial charge >= 0.3 is 12.3 Å². The minimum absolute atomic E-state index is 0.726. The maximum atomic E-state index is 11.5. The van der Waals surface area contributed by atoms with E-state index >= 15 is 0 Å². The Kier molecular flexibility index (Phi) is 11.8. The molecule has 2 aliphatic rings. The van der Waals surface area contributed by atoms with Gasteiger partial charge in [-0.05, 0) is 30.2 Å². The molecular weight excluding hydrogens is 464 g/mol. The smallest absolute Gasteiger partial charge is 0.438 e. The lowest BCUT2D eigenvalue weighted by molar-refractivity contribution is -0.156. The molecule has 1 aliphatic heterocycles. The molecule has 0 radical (unpaired) electrons. The molecule has 202 valence electrons. The van der Waals surface area contributed by atoms with Crippen molar-refractivity contribution < 1.29 is 38.0 Å². The molecule has 8 nitrogen and oxygen atoms in total. The lowest BCUT2D eigenvalue weighted by atomic mass is 9.78. The summed E-state index contributed by atoms with van der Waals surface area (Å²) < 4.78 is 30.2. The van der Waals surface area contributed by atoms with E-state index in [2.05, 4.69) is 16.4 Å². The summed E-state index contributed by atoms with van der Waals surface area (Å²) in [5, 5.41) is 0. The standard InChI is InChI=1S/C28H42O8/c1-4-5-6-9-20-12-14-21(15-13-20)10-7-8-11-22-16-18-23(19-17-22)24-33-25(35-27(29)31-2)26(34-24)36-28(30)32-3/h16-21,24-26H,4-15H2,1-3H3/t20-,21-,25-,26-/m1/s1. The predicted octanol–water partition coefficient (Wildman–Crippen LogP) is 7.05. The van der Waals surface area contributed by atoms with Gasteiger partial charge in [0.25, 0.3) is 12.6 Å². The zero-order valence-electron chi connectivity index (χ0n) is 21.9. The first-order valence-electron chi connectivity index (χ1n) is 13.4. The molecule has 3 rings (SSSR count). The van der Waals surface area contributed by atoms with Crippen LogP contribution in [0.3, 0.4) is 0 Å². The molecule has 8 heteroatoms. The van der Waals surface area contributed by atoms with Crippen molar-refractivity contribution in [2.75, 3.05) is 14.2 Å². The van der Waals surface area contributed by atoms with E-state index in [1.807, 2.05) is 24.3 Å². The SMILES string of the molecule is CCCCC[C@H]1CC[C@H](CCCCc2ccc(C3O[C@H](OC(=O)OC)[C@@H](OC(=O)OC)O3)cc2)CC1. The Morgan fingerprint density at radius 1 is 0.778 bits per heavy atom. The van der Waals surface area contributed by atoms with Crippen LogP contribution in [0.4, 0.5) is 9.59 Å². The van der Waals surface area contributed by atoms with E-state index in [-0.39, 0.29) is 0 Å². The van der Waals surface area contributed by atoms with Crippen LogP contribution in [-0.4, -0.2) is 39.1 Å². The van der Waals surface area contributed by atoms with Crippen LogP contribution in [-0.2, 0) is 34.8 Å². The number of hydrogen-bond donors (Lipinski definition) is 0. The fraction of sp³-hybridized carbons (Fsp3) is 0.714. The summed E-state index contributed by atoms with van der Waals surface area (Å²) in [7, 11) is 2.34. The molecule has 0 spiro atoms.